The van der Waals surface area contributed by atoms with E-state index in [1.165, 1.54) is 11.8 Å². The normalized spacial score (nSPS) is 11.0. The van der Waals surface area contributed by atoms with E-state index in [-0.39, 0.29) is 5.91 Å². The van der Waals surface area contributed by atoms with Crippen molar-refractivity contribution in [1.82, 2.24) is 25.0 Å². The molecular weight excluding hydrogens is 412 g/mol. The minimum Gasteiger partial charge on any atom is -0.497 e. The summed E-state index contributed by atoms with van der Waals surface area (Å²) in [5.41, 5.74) is 3.48. The summed E-state index contributed by atoms with van der Waals surface area (Å²) in [5, 5.41) is 15.6. The molecule has 0 aliphatic rings. The van der Waals surface area contributed by atoms with Crippen LogP contribution in [0.4, 0.5) is 5.69 Å². The zero-order valence-corrected chi connectivity index (χ0v) is 17.2. The van der Waals surface area contributed by atoms with Crippen LogP contribution >= 0.6 is 11.8 Å². The summed E-state index contributed by atoms with van der Waals surface area (Å²) in [6.07, 6.45) is 0. The van der Waals surface area contributed by atoms with E-state index in [0.717, 1.165) is 15.9 Å². The van der Waals surface area contributed by atoms with E-state index in [1.807, 2.05) is 48.5 Å². The third kappa shape index (κ3) is 3.78. The summed E-state index contributed by atoms with van der Waals surface area (Å²) in [6, 6.07) is 22.3. The second-order valence-corrected chi connectivity index (χ2v) is 7.69. The number of tetrazole rings is 1. The molecule has 0 unspecified atom stereocenters. The first-order valence-electron chi connectivity index (χ1n) is 9.41. The maximum atomic E-state index is 12.5. The Morgan fingerprint density at radius 1 is 1.03 bits per heavy atom. The third-order valence-electron chi connectivity index (χ3n) is 4.65. The molecule has 9 heteroatoms. The first kappa shape index (κ1) is 19.0. The SMILES string of the molecule is COc1cccc(C(=O)Nc2ccc(Sc3nc4ccccc4n4nnnc34)cc2)c1. The average molecular weight is 428 g/mol. The van der Waals surface area contributed by atoms with Gasteiger partial charge in [-0.2, -0.15) is 4.52 Å². The van der Waals surface area contributed by atoms with Gasteiger partial charge in [-0.25, -0.2) is 4.98 Å². The summed E-state index contributed by atoms with van der Waals surface area (Å²) >= 11 is 1.46. The predicted molar refractivity (Wildman–Crippen MR) is 118 cm³/mol. The fraction of sp³-hybridized carbons (Fsp3) is 0.0455. The largest absolute Gasteiger partial charge is 0.497 e. The quantitative estimate of drug-likeness (QED) is 0.451. The second-order valence-electron chi connectivity index (χ2n) is 6.63. The van der Waals surface area contributed by atoms with Gasteiger partial charge in [0, 0.05) is 16.1 Å². The number of carbonyl (C=O) groups excluding carboxylic acids is 1. The lowest BCUT2D eigenvalue weighted by atomic mass is 10.2. The highest BCUT2D eigenvalue weighted by molar-refractivity contribution is 7.99. The molecule has 5 rings (SSSR count). The standard InChI is InChI=1S/C22H16N6O2S/c1-30-16-6-4-5-14(13-16)21(29)23-15-9-11-17(12-10-15)31-22-20-25-26-27-28(20)19-8-3-2-7-18(19)24-22/h2-13H,1H3,(H,23,29). The summed E-state index contributed by atoms with van der Waals surface area (Å²) in [7, 11) is 1.57. The van der Waals surface area contributed by atoms with E-state index in [2.05, 4.69) is 20.8 Å². The van der Waals surface area contributed by atoms with Crippen LogP contribution in [0, 0.1) is 0 Å². The van der Waals surface area contributed by atoms with E-state index in [4.69, 9.17) is 9.72 Å². The summed E-state index contributed by atoms with van der Waals surface area (Å²) in [6.45, 7) is 0. The molecule has 2 aromatic heterocycles. The van der Waals surface area contributed by atoms with Crippen molar-refractivity contribution < 1.29 is 9.53 Å². The lowest BCUT2D eigenvalue weighted by Crippen LogP contribution is -2.11. The Hall–Kier alpha value is -3.98. The van der Waals surface area contributed by atoms with Gasteiger partial charge in [0.05, 0.1) is 18.1 Å². The van der Waals surface area contributed by atoms with Crippen molar-refractivity contribution in [3.63, 3.8) is 0 Å². The molecule has 0 aliphatic heterocycles. The number of hydrogen-bond acceptors (Lipinski definition) is 7. The molecule has 0 bridgehead atoms. The number of carbonyl (C=O) groups is 1. The van der Waals surface area contributed by atoms with Crippen molar-refractivity contribution >= 4 is 40.0 Å². The summed E-state index contributed by atoms with van der Waals surface area (Å²) in [5.74, 6) is 0.434. The first-order valence-corrected chi connectivity index (χ1v) is 10.2. The number of methoxy groups -OCH3 is 1. The van der Waals surface area contributed by atoms with Gasteiger partial charge in [-0.3, -0.25) is 4.79 Å². The topological polar surface area (TPSA) is 94.3 Å². The third-order valence-corrected chi connectivity index (χ3v) is 5.63. The van der Waals surface area contributed by atoms with Gasteiger partial charge in [0.1, 0.15) is 10.8 Å². The monoisotopic (exact) mass is 428 g/mol. The van der Waals surface area contributed by atoms with Crippen molar-refractivity contribution in [2.45, 2.75) is 9.92 Å². The molecule has 0 fully saturated rings. The van der Waals surface area contributed by atoms with Crippen LogP contribution in [-0.4, -0.2) is 38.0 Å². The number of rotatable bonds is 5. The van der Waals surface area contributed by atoms with Crippen LogP contribution in [0.2, 0.25) is 0 Å². The molecule has 0 aliphatic carbocycles. The molecule has 1 amide bonds. The smallest absolute Gasteiger partial charge is 0.255 e. The summed E-state index contributed by atoms with van der Waals surface area (Å²) in [4.78, 5) is 18.2. The maximum absolute atomic E-state index is 12.5. The number of hydrogen-bond donors (Lipinski definition) is 1. The van der Waals surface area contributed by atoms with Crippen molar-refractivity contribution in [1.29, 1.82) is 0 Å². The molecule has 0 spiro atoms. The van der Waals surface area contributed by atoms with E-state index < -0.39 is 0 Å². The molecule has 0 radical (unpaired) electrons. The number of aromatic nitrogens is 5. The molecule has 8 nitrogen and oxygen atoms in total. The summed E-state index contributed by atoms with van der Waals surface area (Å²) < 4.78 is 6.86. The number of anilines is 1. The van der Waals surface area contributed by atoms with E-state index in [9.17, 15) is 4.79 Å². The Labute approximate surface area is 181 Å². The zero-order chi connectivity index (χ0) is 21.2. The van der Waals surface area contributed by atoms with Gasteiger partial charge >= 0.3 is 0 Å². The van der Waals surface area contributed by atoms with E-state index >= 15 is 0 Å². The van der Waals surface area contributed by atoms with Crippen LogP contribution in [0.1, 0.15) is 10.4 Å². The number of amides is 1. The van der Waals surface area contributed by atoms with Gasteiger partial charge in [-0.1, -0.05) is 30.0 Å². The highest BCUT2D eigenvalue weighted by Crippen LogP contribution is 2.31. The maximum Gasteiger partial charge on any atom is 0.255 e. The van der Waals surface area contributed by atoms with Crippen LogP contribution in [-0.2, 0) is 0 Å². The fourth-order valence-electron chi connectivity index (χ4n) is 3.13. The minimum atomic E-state index is -0.202. The number of para-hydroxylation sites is 2. The van der Waals surface area contributed by atoms with Gasteiger partial charge in [-0.05, 0) is 65.0 Å². The van der Waals surface area contributed by atoms with Crippen LogP contribution in [0.25, 0.3) is 16.7 Å². The van der Waals surface area contributed by atoms with Gasteiger partial charge in [0.25, 0.3) is 5.91 Å². The molecule has 0 saturated carbocycles. The van der Waals surface area contributed by atoms with Crippen LogP contribution in [0.15, 0.2) is 82.7 Å². The Bertz CT molecular complexity index is 1400. The van der Waals surface area contributed by atoms with Crippen molar-refractivity contribution in [3.05, 3.63) is 78.4 Å². The molecule has 3 aromatic carbocycles. The van der Waals surface area contributed by atoms with Crippen molar-refractivity contribution in [3.8, 4) is 5.75 Å². The number of fused-ring (bicyclic) bond motifs is 3. The molecule has 0 atom stereocenters. The van der Waals surface area contributed by atoms with Gasteiger partial charge in [-0.15, -0.1) is 5.10 Å². The van der Waals surface area contributed by atoms with Crippen molar-refractivity contribution in [2.75, 3.05) is 12.4 Å². The number of nitrogens with zero attached hydrogens (tertiary/aromatic N) is 5. The molecule has 0 saturated heterocycles. The highest BCUT2D eigenvalue weighted by Gasteiger charge is 2.13. The second kappa shape index (κ2) is 8.04. The van der Waals surface area contributed by atoms with Gasteiger partial charge in [0.2, 0.25) is 5.65 Å². The molecular formula is C22H16N6O2S. The predicted octanol–water partition coefficient (Wildman–Crippen LogP) is 4.08. The molecule has 31 heavy (non-hydrogen) atoms. The molecule has 152 valence electrons. The first-order chi connectivity index (χ1) is 15.2. The number of nitrogens with one attached hydrogen (secondary N) is 1. The van der Waals surface area contributed by atoms with Gasteiger partial charge < -0.3 is 10.1 Å². The van der Waals surface area contributed by atoms with Crippen LogP contribution < -0.4 is 10.1 Å². The average Bonchev–Trinajstić information content (AvgIpc) is 3.31. The van der Waals surface area contributed by atoms with Crippen LogP contribution in [0.3, 0.4) is 0 Å². The lowest BCUT2D eigenvalue weighted by molar-refractivity contribution is 0.102. The molecule has 2 heterocycles. The van der Waals surface area contributed by atoms with E-state index in [0.29, 0.717) is 27.7 Å². The Morgan fingerprint density at radius 2 is 1.87 bits per heavy atom. The Kier molecular flexibility index (Phi) is 4.93. The van der Waals surface area contributed by atoms with Crippen molar-refractivity contribution in [2.24, 2.45) is 0 Å². The zero-order valence-electron chi connectivity index (χ0n) is 16.4. The lowest BCUT2D eigenvalue weighted by Gasteiger charge is -2.08. The Morgan fingerprint density at radius 3 is 2.71 bits per heavy atom. The molecule has 5 aromatic rings. The minimum absolute atomic E-state index is 0.202. The Balaban J connectivity index is 1.37. The number of benzene rings is 3. The van der Waals surface area contributed by atoms with Crippen LogP contribution in [0.5, 0.6) is 5.75 Å². The van der Waals surface area contributed by atoms with Gasteiger partial charge in [0.15, 0.2) is 0 Å². The van der Waals surface area contributed by atoms with E-state index in [1.54, 1.807) is 35.9 Å². The number of ether oxygens (including phenoxy) is 1. The molecule has 1 N–H and O–H groups in total. The fourth-order valence-corrected chi connectivity index (χ4v) is 3.99. The highest BCUT2D eigenvalue weighted by atomic mass is 32.2.